The second kappa shape index (κ2) is 7.71. The van der Waals surface area contributed by atoms with Gasteiger partial charge in [-0.1, -0.05) is 0 Å². The number of aryl methyl sites for hydroxylation is 1. The normalized spacial score (nSPS) is 16.1. The van der Waals surface area contributed by atoms with E-state index in [0.29, 0.717) is 35.5 Å². The summed E-state index contributed by atoms with van der Waals surface area (Å²) in [6.07, 6.45) is -0.406. The highest BCUT2D eigenvalue weighted by Crippen LogP contribution is 2.32. The Morgan fingerprint density at radius 3 is 2.42 bits per heavy atom. The van der Waals surface area contributed by atoms with Crippen LogP contribution in [-0.4, -0.2) is 63.6 Å². The van der Waals surface area contributed by atoms with E-state index in [-0.39, 0.29) is 18.0 Å². The van der Waals surface area contributed by atoms with Gasteiger partial charge in [0.1, 0.15) is 5.75 Å². The standard InChI is InChI=1S/C15H21BrN2O5S/c1-4-23-15(19)17-5-7-18(8-6-17)24(20,21)14-10-13(22-3)12(16)9-11(14)2/h9-10H,4-8H2,1-3H3. The van der Waals surface area contributed by atoms with Gasteiger partial charge in [-0.05, 0) is 41.4 Å². The number of hydrogen-bond acceptors (Lipinski definition) is 5. The lowest BCUT2D eigenvalue weighted by Crippen LogP contribution is -2.50. The molecule has 134 valence electrons. The van der Waals surface area contributed by atoms with Crippen molar-refractivity contribution in [2.75, 3.05) is 39.9 Å². The van der Waals surface area contributed by atoms with Crippen LogP contribution in [-0.2, 0) is 14.8 Å². The molecule has 1 fully saturated rings. The fourth-order valence-corrected chi connectivity index (χ4v) is 4.80. The summed E-state index contributed by atoms with van der Waals surface area (Å²) in [5, 5.41) is 0. The molecule has 0 aromatic heterocycles. The fourth-order valence-electron chi connectivity index (χ4n) is 2.53. The molecular weight excluding hydrogens is 400 g/mol. The molecule has 0 bridgehead atoms. The van der Waals surface area contributed by atoms with Gasteiger partial charge in [0.15, 0.2) is 0 Å². The summed E-state index contributed by atoms with van der Waals surface area (Å²) in [7, 11) is -2.16. The van der Waals surface area contributed by atoms with Crippen molar-refractivity contribution in [3.05, 3.63) is 22.2 Å². The number of halogens is 1. The molecule has 9 heteroatoms. The highest BCUT2D eigenvalue weighted by molar-refractivity contribution is 9.10. The van der Waals surface area contributed by atoms with E-state index in [0.717, 1.165) is 0 Å². The Hall–Kier alpha value is -1.32. The van der Waals surface area contributed by atoms with E-state index in [4.69, 9.17) is 9.47 Å². The van der Waals surface area contributed by atoms with Crippen LogP contribution >= 0.6 is 15.9 Å². The van der Waals surface area contributed by atoms with Crippen molar-refractivity contribution < 1.29 is 22.7 Å². The smallest absolute Gasteiger partial charge is 0.409 e. The number of nitrogens with zero attached hydrogens (tertiary/aromatic N) is 2. The Morgan fingerprint density at radius 2 is 1.88 bits per heavy atom. The number of carbonyl (C=O) groups is 1. The van der Waals surface area contributed by atoms with Crippen molar-refractivity contribution in [1.29, 1.82) is 0 Å². The van der Waals surface area contributed by atoms with Gasteiger partial charge in [0.25, 0.3) is 0 Å². The minimum Gasteiger partial charge on any atom is -0.496 e. The minimum atomic E-state index is -3.65. The number of piperazine rings is 1. The molecule has 0 saturated carbocycles. The lowest BCUT2D eigenvalue weighted by molar-refractivity contribution is 0.0934. The summed E-state index contributed by atoms with van der Waals surface area (Å²) in [6.45, 7) is 4.87. The lowest BCUT2D eigenvalue weighted by Gasteiger charge is -2.33. The first-order chi connectivity index (χ1) is 11.3. The number of rotatable bonds is 4. The van der Waals surface area contributed by atoms with E-state index >= 15 is 0 Å². The number of sulfonamides is 1. The van der Waals surface area contributed by atoms with Crippen molar-refractivity contribution in [1.82, 2.24) is 9.21 Å². The van der Waals surface area contributed by atoms with Gasteiger partial charge < -0.3 is 14.4 Å². The molecule has 24 heavy (non-hydrogen) atoms. The zero-order chi connectivity index (χ0) is 17.9. The second-order valence-corrected chi connectivity index (χ2v) is 8.10. The van der Waals surface area contributed by atoms with E-state index in [9.17, 15) is 13.2 Å². The molecule has 7 nitrogen and oxygen atoms in total. The van der Waals surface area contributed by atoms with Crippen LogP contribution in [0.1, 0.15) is 12.5 Å². The van der Waals surface area contributed by atoms with Crippen molar-refractivity contribution in [2.45, 2.75) is 18.7 Å². The quantitative estimate of drug-likeness (QED) is 0.746. The topological polar surface area (TPSA) is 76.2 Å². The highest BCUT2D eigenvalue weighted by atomic mass is 79.9. The number of methoxy groups -OCH3 is 1. The van der Waals surface area contributed by atoms with Gasteiger partial charge >= 0.3 is 6.09 Å². The Balaban J connectivity index is 2.19. The molecule has 0 spiro atoms. The van der Waals surface area contributed by atoms with Crippen LogP contribution in [0.3, 0.4) is 0 Å². The number of carbonyl (C=O) groups excluding carboxylic acids is 1. The van der Waals surface area contributed by atoms with E-state index < -0.39 is 16.1 Å². The van der Waals surface area contributed by atoms with E-state index in [1.807, 2.05) is 0 Å². The minimum absolute atomic E-state index is 0.215. The molecule has 1 aromatic rings. The molecule has 2 rings (SSSR count). The second-order valence-electron chi connectivity index (χ2n) is 5.34. The van der Waals surface area contributed by atoms with Gasteiger partial charge in [-0.2, -0.15) is 4.31 Å². The molecule has 1 aliphatic heterocycles. The van der Waals surface area contributed by atoms with Crippen molar-refractivity contribution in [3.63, 3.8) is 0 Å². The van der Waals surface area contributed by atoms with Crippen molar-refractivity contribution in [3.8, 4) is 5.75 Å². The number of benzene rings is 1. The SMILES string of the molecule is CCOC(=O)N1CCN(S(=O)(=O)c2cc(OC)c(Br)cc2C)CC1. The maximum atomic E-state index is 12.9. The maximum Gasteiger partial charge on any atom is 0.409 e. The molecule has 1 heterocycles. The van der Waals surface area contributed by atoms with Crippen LogP contribution in [0.25, 0.3) is 0 Å². The van der Waals surface area contributed by atoms with E-state index in [1.54, 1.807) is 19.9 Å². The highest BCUT2D eigenvalue weighted by Gasteiger charge is 2.32. The molecule has 1 aromatic carbocycles. The zero-order valence-corrected chi connectivity index (χ0v) is 16.3. The summed E-state index contributed by atoms with van der Waals surface area (Å²) in [4.78, 5) is 13.4. The molecule has 0 N–H and O–H groups in total. The number of hydrogen-bond donors (Lipinski definition) is 0. The Bertz CT molecular complexity index is 715. The molecule has 1 amide bonds. The summed E-state index contributed by atoms with van der Waals surface area (Å²) in [5.41, 5.74) is 0.635. The van der Waals surface area contributed by atoms with Gasteiger partial charge in [-0.15, -0.1) is 0 Å². The van der Waals surface area contributed by atoms with Gasteiger partial charge in [-0.3, -0.25) is 0 Å². The third-order valence-electron chi connectivity index (χ3n) is 3.83. The number of amides is 1. The summed E-state index contributed by atoms with van der Waals surface area (Å²) >= 11 is 3.35. The maximum absolute atomic E-state index is 12.9. The molecular formula is C15H21BrN2O5S. The predicted molar refractivity (Wildman–Crippen MR) is 92.8 cm³/mol. The van der Waals surface area contributed by atoms with Crippen LogP contribution < -0.4 is 4.74 Å². The third kappa shape index (κ3) is 3.84. The molecule has 0 unspecified atom stereocenters. The van der Waals surface area contributed by atoms with Gasteiger partial charge in [0, 0.05) is 32.2 Å². The average Bonchev–Trinajstić information content (AvgIpc) is 2.55. The average molecular weight is 421 g/mol. The molecule has 0 atom stereocenters. The Kier molecular flexibility index (Phi) is 6.11. The summed E-state index contributed by atoms with van der Waals surface area (Å²) in [6, 6.07) is 3.24. The van der Waals surface area contributed by atoms with Crippen LogP contribution in [0.15, 0.2) is 21.5 Å². The fraction of sp³-hybridized carbons (Fsp3) is 0.533. The third-order valence-corrected chi connectivity index (χ3v) is 6.49. The summed E-state index contributed by atoms with van der Waals surface area (Å²) < 4.78 is 38.1. The summed E-state index contributed by atoms with van der Waals surface area (Å²) in [5.74, 6) is 0.462. The largest absolute Gasteiger partial charge is 0.496 e. The molecule has 0 aliphatic carbocycles. The van der Waals surface area contributed by atoms with E-state index in [1.165, 1.54) is 22.4 Å². The molecule has 1 saturated heterocycles. The lowest BCUT2D eigenvalue weighted by atomic mass is 10.2. The van der Waals surface area contributed by atoms with Crippen molar-refractivity contribution >= 4 is 32.0 Å². The molecule has 1 aliphatic rings. The Morgan fingerprint density at radius 1 is 1.25 bits per heavy atom. The van der Waals surface area contributed by atoms with Crippen LogP contribution in [0.4, 0.5) is 4.79 Å². The number of ether oxygens (including phenoxy) is 2. The van der Waals surface area contributed by atoms with E-state index in [2.05, 4.69) is 15.9 Å². The Labute approximate surface area is 150 Å². The van der Waals surface area contributed by atoms with Crippen LogP contribution in [0.5, 0.6) is 5.75 Å². The van der Waals surface area contributed by atoms with Crippen LogP contribution in [0, 0.1) is 6.92 Å². The van der Waals surface area contributed by atoms with Gasteiger partial charge in [0.05, 0.1) is 23.1 Å². The predicted octanol–water partition coefficient (Wildman–Crippen LogP) is 2.23. The zero-order valence-electron chi connectivity index (χ0n) is 13.9. The first kappa shape index (κ1) is 19.0. The molecule has 0 radical (unpaired) electrons. The van der Waals surface area contributed by atoms with Gasteiger partial charge in [-0.25, -0.2) is 13.2 Å². The van der Waals surface area contributed by atoms with Gasteiger partial charge in [0.2, 0.25) is 10.0 Å². The first-order valence-corrected chi connectivity index (χ1v) is 9.80. The first-order valence-electron chi connectivity index (χ1n) is 7.57. The van der Waals surface area contributed by atoms with Crippen LogP contribution in [0.2, 0.25) is 0 Å². The monoisotopic (exact) mass is 420 g/mol. The van der Waals surface area contributed by atoms with Crippen molar-refractivity contribution in [2.24, 2.45) is 0 Å².